The van der Waals surface area contributed by atoms with Crippen LogP contribution in [0.4, 0.5) is 5.13 Å². The number of hydrogen-bond acceptors (Lipinski definition) is 17. The van der Waals surface area contributed by atoms with Crippen LogP contribution >= 0.6 is 23.1 Å². The van der Waals surface area contributed by atoms with E-state index in [0.29, 0.717) is 23.4 Å². The van der Waals surface area contributed by atoms with Crippen molar-refractivity contribution in [2.24, 2.45) is 11.1 Å². The molecule has 1 aromatic carbocycles. The second-order valence-corrected chi connectivity index (χ2v) is 11.9. The molecule has 0 saturated carbocycles. The molecule has 242 valence electrons. The second-order valence-electron chi connectivity index (χ2n) is 9.89. The van der Waals surface area contributed by atoms with Gasteiger partial charge in [-0.2, -0.15) is 14.8 Å². The number of aromatic hydroxyl groups is 2. The molecule has 1 fully saturated rings. The molecule has 4 aromatic rings. The van der Waals surface area contributed by atoms with Crippen LogP contribution in [0.25, 0.3) is 16.5 Å². The van der Waals surface area contributed by atoms with Gasteiger partial charge in [0, 0.05) is 40.7 Å². The number of Topliss-reactive ketones (excluding diaryl/α,β-unsaturated/α-hetero) is 1. The van der Waals surface area contributed by atoms with Crippen molar-refractivity contribution in [3.8, 4) is 11.5 Å². The summed E-state index contributed by atoms with van der Waals surface area (Å²) in [5.74, 6) is -3.21. The third kappa shape index (κ3) is 8.72. The van der Waals surface area contributed by atoms with Crippen molar-refractivity contribution in [3.05, 3.63) is 60.0 Å². The van der Waals surface area contributed by atoms with Crippen molar-refractivity contribution in [1.82, 2.24) is 30.5 Å². The van der Waals surface area contributed by atoms with E-state index in [4.69, 9.17) is 20.2 Å². The number of pyridine rings is 1. The number of phenolic OH excluding ortho intramolecular Hbond substituents is 2. The Morgan fingerprint density at radius 3 is 2.57 bits per heavy atom. The van der Waals surface area contributed by atoms with E-state index in [-0.39, 0.29) is 111 Å². The molecule has 6 rings (SSSR count). The largest absolute Gasteiger partial charge is 1.00 e. The number of carboxylic acid groups (broad SMARTS) is 1. The van der Waals surface area contributed by atoms with E-state index in [0.717, 1.165) is 22.3 Å². The van der Waals surface area contributed by atoms with Crippen LogP contribution in [0.2, 0.25) is 0 Å². The maximum Gasteiger partial charge on any atom is 1.00 e. The molecule has 0 bridgehead atoms. The average molecular weight is 726 g/mol. The number of carbonyl (C=O) groups is 3. The quantitative estimate of drug-likeness (QED) is 0.0261. The summed E-state index contributed by atoms with van der Waals surface area (Å²) in [6.45, 7) is 3.59. The standard InChI is InChI=1S/C26H22N9O7S2.CO2.2Na/c1-11(25(40)41)42-31-20(16-10-44-26(27)28-16)19(38)6-15-23(39)35-21(22-29-32-33-30-22)14(9-43-24(15)35)8-34-3-2-12-4-17(36)18(37)5-13(12)7-34;2-1-3;;/h2-5,7,10-11,15,24H,1,6,8-9H2,(H5,27,28,29,30,32,33,37,40,41);;;/q-1;;2*+1/p-1/b31-20-;;;/t11-,15+,24+;;;/m0.../s1. The molecule has 5 heterocycles. The number of aliphatic carboxylic acids is 1. The van der Waals surface area contributed by atoms with E-state index < -0.39 is 29.1 Å². The molecule has 2 aliphatic rings. The van der Waals surface area contributed by atoms with Crippen LogP contribution in [0.15, 0.2) is 46.7 Å². The molecule has 1 saturated heterocycles. The molecule has 49 heavy (non-hydrogen) atoms. The summed E-state index contributed by atoms with van der Waals surface area (Å²) in [7, 11) is 0. The van der Waals surface area contributed by atoms with Gasteiger partial charge in [-0.1, -0.05) is 5.16 Å². The Balaban J connectivity index is 0.00000126. The van der Waals surface area contributed by atoms with Gasteiger partial charge in [0.15, 0.2) is 47.1 Å². The van der Waals surface area contributed by atoms with Crippen LogP contribution in [0, 0.1) is 12.8 Å². The number of β-lactam (4-membered cyclic amide) rings is 1. The van der Waals surface area contributed by atoms with Gasteiger partial charge in [0.2, 0.25) is 5.91 Å². The van der Waals surface area contributed by atoms with Gasteiger partial charge in [-0.05, 0) is 17.5 Å². The summed E-state index contributed by atoms with van der Waals surface area (Å²) in [6.07, 6.45) is 1.89. The fourth-order valence-electron chi connectivity index (χ4n) is 4.86. The Morgan fingerprint density at radius 1 is 1.27 bits per heavy atom. The number of nitrogens with two attached hydrogens (primary N) is 1. The summed E-state index contributed by atoms with van der Waals surface area (Å²) in [5, 5.41) is 52.2. The predicted octanol–water partition coefficient (Wildman–Crippen LogP) is -7.58. The van der Waals surface area contributed by atoms with Gasteiger partial charge in [0.05, 0.1) is 28.8 Å². The van der Waals surface area contributed by atoms with Gasteiger partial charge in [-0.3, -0.25) is 31.7 Å². The number of ketones is 1. The van der Waals surface area contributed by atoms with Crippen molar-refractivity contribution in [2.75, 3.05) is 11.5 Å². The molecule has 4 N–H and O–H groups in total. The van der Waals surface area contributed by atoms with E-state index in [9.17, 15) is 29.7 Å². The van der Waals surface area contributed by atoms with Crippen molar-refractivity contribution in [3.63, 3.8) is 0 Å². The third-order valence-electron chi connectivity index (χ3n) is 6.96. The first-order chi connectivity index (χ1) is 22.5. The number of hydrogen-bond donors (Lipinski definition) is 3. The maximum atomic E-state index is 13.6. The first kappa shape index (κ1) is 39.7. The van der Waals surface area contributed by atoms with Crippen molar-refractivity contribution < 1.29 is 108 Å². The molecular weight excluding hydrogens is 704 g/mol. The van der Waals surface area contributed by atoms with Gasteiger partial charge < -0.3 is 35.8 Å². The summed E-state index contributed by atoms with van der Waals surface area (Å²) < 4.78 is 1.86. The number of thiazole rings is 1. The van der Waals surface area contributed by atoms with Gasteiger partial charge >= 0.3 is 65.3 Å². The van der Waals surface area contributed by atoms with Crippen LogP contribution < -0.4 is 79.6 Å². The van der Waals surface area contributed by atoms with E-state index in [1.165, 1.54) is 34.2 Å². The van der Waals surface area contributed by atoms with Gasteiger partial charge in [0.25, 0.3) is 0 Å². The fraction of sp³-hybridized carbons (Fsp3) is 0.222. The minimum absolute atomic E-state index is 0. The number of tetrazole rings is 1. The summed E-state index contributed by atoms with van der Waals surface area (Å²) in [6, 6.07) is 4.70. The van der Waals surface area contributed by atoms with E-state index in [1.807, 2.05) is 4.57 Å². The van der Waals surface area contributed by atoms with Crippen LogP contribution in [0.1, 0.15) is 17.9 Å². The number of carbonyl (C=O) groups excluding carboxylic acids is 5. The van der Waals surface area contributed by atoms with Crippen LogP contribution in [0.5, 0.6) is 11.5 Å². The number of fused-ring (bicyclic) bond motifs is 2. The van der Waals surface area contributed by atoms with Gasteiger partial charge in [-0.25, -0.2) is 9.55 Å². The van der Waals surface area contributed by atoms with Crippen molar-refractivity contribution in [1.29, 1.82) is 0 Å². The number of anilines is 1. The number of thioether (sulfide) groups is 1. The number of amides is 1. The first-order valence-corrected chi connectivity index (χ1v) is 15.2. The van der Waals surface area contributed by atoms with Crippen LogP contribution in [0.3, 0.4) is 0 Å². The smallest absolute Gasteiger partial charge is 0.549 e. The normalized spacial score (nSPS) is 17.3. The Hall–Kier alpha value is -3.72. The Morgan fingerprint density at radius 2 is 1.96 bits per heavy atom. The minimum atomic E-state index is -1.68. The summed E-state index contributed by atoms with van der Waals surface area (Å²) >= 11 is 2.50. The molecule has 0 radical (unpaired) electrons. The van der Waals surface area contributed by atoms with E-state index in [2.05, 4.69) is 37.7 Å². The van der Waals surface area contributed by atoms with Crippen LogP contribution in [-0.4, -0.2) is 82.4 Å². The number of rotatable bonds is 10. The SMILES string of the molecule is O=C=O.[CH2-][C@H](O/N=C(\C(=O)C[C@@H]1C(=O)N2C(c3nnn[n-]3)=C(C[n+]3ccc4cc(O)c(O)cc4c3)CS[C@H]12)c1csc(N)n1)C(=O)[O-].[Na+].[Na+]. The topological polar surface area (TPSA) is 269 Å². The molecular formula is C27H21N9Na2O9S2. The number of carboxylic acids is 1. The number of phenols is 2. The third-order valence-corrected chi connectivity index (χ3v) is 9.03. The number of nitrogen functional groups attached to an aromatic ring is 1. The maximum absolute atomic E-state index is 13.6. The van der Waals surface area contributed by atoms with Crippen molar-refractivity contribution in [2.45, 2.75) is 24.4 Å². The zero-order chi connectivity index (χ0) is 33.8. The predicted molar refractivity (Wildman–Crippen MR) is 157 cm³/mol. The zero-order valence-corrected chi connectivity index (χ0v) is 31.4. The van der Waals surface area contributed by atoms with Gasteiger partial charge in [-0.15, -0.1) is 23.1 Å². The number of benzene rings is 1. The Labute approximate surface area is 328 Å². The minimum Gasteiger partial charge on any atom is -0.549 e. The molecule has 0 spiro atoms. The molecule has 1 amide bonds. The average Bonchev–Trinajstić information content (AvgIpc) is 3.73. The molecule has 0 unspecified atom stereocenters. The number of aromatic nitrogens is 6. The second kappa shape index (κ2) is 17.3. The first-order valence-electron chi connectivity index (χ1n) is 13.2. The van der Waals surface area contributed by atoms with Crippen LogP contribution in [-0.2, 0) is 35.4 Å². The summed E-state index contributed by atoms with van der Waals surface area (Å²) in [4.78, 5) is 64.6. The number of oxime groups is 1. The Bertz CT molecular complexity index is 1970. The monoisotopic (exact) mass is 725 g/mol. The molecule has 18 nitrogen and oxygen atoms in total. The molecule has 3 atom stereocenters. The number of nitrogens with zero attached hydrogens (tertiary/aromatic N) is 8. The van der Waals surface area contributed by atoms with Gasteiger partial charge in [0.1, 0.15) is 5.69 Å². The van der Waals surface area contributed by atoms with Crippen molar-refractivity contribution >= 4 is 74.2 Å². The fourth-order valence-corrected chi connectivity index (χ4v) is 6.82. The molecule has 22 heteroatoms. The van der Waals surface area contributed by atoms with E-state index >= 15 is 0 Å². The summed E-state index contributed by atoms with van der Waals surface area (Å²) in [5.41, 5.74) is 6.72. The van der Waals surface area contributed by atoms with E-state index in [1.54, 1.807) is 18.5 Å². The molecule has 2 aliphatic heterocycles. The zero-order valence-electron chi connectivity index (χ0n) is 25.7. The molecule has 3 aromatic heterocycles. The molecule has 0 aliphatic carbocycles. The Kier molecular flexibility index (Phi) is 14.0.